The van der Waals surface area contributed by atoms with Crippen LogP contribution in [0.25, 0.3) is 0 Å². The van der Waals surface area contributed by atoms with E-state index in [0.29, 0.717) is 5.92 Å². The molecule has 2 heteroatoms. The fraction of sp³-hybridized carbons (Fsp3) is 0.632. The first kappa shape index (κ1) is 16.1. The van der Waals surface area contributed by atoms with Gasteiger partial charge in [0.1, 0.15) is 6.10 Å². The molecule has 116 valence electrons. The molecule has 2 unspecified atom stereocenters. The third kappa shape index (κ3) is 4.33. The Balaban J connectivity index is 2.17. The summed E-state index contributed by atoms with van der Waals surface area (Å²) in [6.07, 6.45) is 6.95. The second-order valence-electron chi connectivity index (χ2n) is 6.48. The third-order valence-corrected chi connectivity index (χ3v) is 4.74. The van der Waals surface area contributed by atoms with Gasteiger partial charge in [0.2, 0.25) is 0 Å². The summed E-state index contributed by atoms with van der Waals surface area (Å²) >= 11 is 0. The lowest BCUT2D eigenvalue weighted by molar-refractivity contribution is -0.157. The number of aryl methyl sites for hydroxylation is 1. The first-order valence-electron chi connectivity index (χ1n) is 8.39. The normalized spacial score (nSPS) is 19.0. The van der Waals surface area contributed by atoms with Crippen molar-refractivity contribution in [2.24, 2.45) is 11.8 Å². The fourth-order valence-electron chi connectivity index (χ4n) is 3.04. The zero-order valence-corrected chi connectivity index (χ0v) is 13.6. The summed E-state index contributed by atoms with van der Waals surface area (Å²) in [6.45, 7) is 6.08. The highest BCUT2D eigenvalue weighted by molar-refractivity contribution is 5.72. The summed E-state index contributed by atoms with van der Waals surface area (Å²) in [4.78, 5) is 12.2. The number of esters is 1. The van der Waals surface area contributed by atoms with Gasteiger partial charge in [-0.2, -0.15) is 0 Å². The lowest BCUT2D eigenvalue weighted by Crippen LogP contribution is -2.24. The van der Waals surface area contributed by atoms with E-state index in [1.54, 1.807) is 0 Å². The molecule has 0 aliphatic heterocycles. The van der Waals surface area contributed by atoms with E-state index in [1.807, 2.05) is 13.8 Å². The summed E-state index contributed by atoms with van der Waals surface area (Å²) in [6, 6.07) is 8.47. The van der Waals surface area contributed by atoms with Gasteiger partial charge in [-0.15, -0.1) is 0 Å². The topological polar surface area (TPSA) is 26.3 Å². The third-order valence-electron chi connectivity index (χ3n) is 4.74. The molecule has 2 atom stereocenters. The van der Waals surface area contributed by atoms with Gasteiger partial charge in [-0.1, -0.05) is 62.9 Å². The Labute approximate surface area is 128 Å². The second-order valence-corrected chi connectivity index (χ2v) is 6.48. The van der Waals surface area contributed by atoms with Crippen LogP contribution in [0.15, 0.2) is 24.3 Å². The number of hydrogen-bond acceptors (Lipinski definition) is 2. The van der Waals surface area contributed by atoms with E-state index < -0.39 is 0 Å². The minimum absolute atomic E-state index is 0.0125. The van der Waals surface area contributed by atoms with Crippen molar-refractivity contribution in [3.05, 3.63) is 35.4 Å². The van der Waals surface area contributed by atoms with Crippen LogP contribution in [0.1, 0.15) is 69.6 Å². The molecule has 1 aromatic carbocycles. The van der Waals surface area contributed by atoms with Crippen molar-refractivity contribution in [2.45, 2.75) is 65.4 Å². The molecule has 0 heterocycles. The maximum Gasteiger partial charge on any atom is 0.309 e. The molecule has 0 saturated heterocycles. The molecule has 0 spiro atoms. The molecule has 2 nitrogen and oxygen atoms in total. The molecule has 1 aliphatic rings. The van der Waals surface area contributed by atoms with Gasteiger partial charge < -0.3 is 4.74 Å². The predicted molar refractivity (Wildman–Crippen MR) is 86.0 cm³/mol. The van der Waals surface area contributed by atoms with E-state index in [4.69, 9.17) is 4.74 Å². The van der Waals surface area contributed by atoms with Crippen molar-refractivity contribution < 1.29 is 9.53 Å². The molecule has 21 heavy (non-hydrogen) atoms. The van der Waals surface area contributed by atoms with Crippen LogP contribution in [0.4, 0.5) is 0 Å². The van der Waals surface area contributed by atoms with E-state index in [2.05, 4.69) is 31.2 Å². The predicted octanol–water partition coefficient (Wildman–Crippen LogP) is 5.21. The van der Waals surface area contributed by atoms with Gasteiger partial charge in [0.05, 0.1) is 5.92 Å². The molecule has 0 bridgehead atoms. The smallest absolute Gasteiger partial charge is 0.309 e. The average Bonchev–Trinajstić information content (AvgIpc) is 2.53. The maximum absolute atomic E-state index is 12.2. The van der Waals surface area contributed by atoms with Gasteiger partial charge in [-0.25, -0.2) is 0 Å². The van der Waals surface area contributed by atoms with E-state index in [1.165, 1.54) is 37.7 Å². The molecule has 0 aromatic heterocycles. The van der Waals surface area contributed by atoms with E-state index in [0.717, 1.165) is 12.0 Å². The van der Waals surface area contributed by atoms with Gasteiger partial charge in [-0.05, 0) is 31.7 Å². The first-order valence-corrected chi connectivity index (χ1v) is 8.39. The van der Waals surface area contributed by atoms with Crippen molar-refractivity contribution in [2.75, 3.05) is 0 Å². The van der Waals surface area contributed by atoms with E-state index >= 15 is 0 Å². The molecule has 2 rings (SSSR count). The molecule has 0 amide bonds. The first-order chi connectivity index (χ1) is 10.1. The number of benzene rings is 1. The molecule has 1 aromatic rings. The summed E-state index contributed by atoms with van der Waals surface area (Å²) in [7, 11) is 0. The lowest BCUT2D eigenvalue weighted by Gasteiger charge is -2.31. The second kappa shape index (κ2) is 7.63. The molecule has 0 radical (unpaired) electrons. The monoisotopic (exact) mass is 288 g/mol. The highest BCUT2D eigenvalue weighted by Gasteiger charge is 2.29. The summed E-state index contributed by atoms with van der Waals surface area (Å²) in [5.41, 5.74) is 2.40. The quantitative estimate of drug-likeness (QED) is 0.696. The maximum atomic E-state index is 12.2. The Hall–Kier alpha value is -1.31. The molecule has 0 N–H and O–H groups in total. The minimum atomic E-state index is -0.0626. The number of rotatable bonds is 5. The summed E-state index contributed by atoms with van der Waals surface area (Å²) in [5.74, 6) is 0.421. The van der Waals surface area contributed by atoms with Crippen molar-refractivity contribution in [3.63, 3.8) is 0 Å². The Morgan fingerprint density at radius 3 is 2.38 bits per heavy atom. The van der Waals surface area contributed by atoms with Gasteiger partial charge in [0, 0.05) is 5.92 Å². The van der Waals surface area contributed by atoms with Crippen LogP contribution in [0.2, 0.25) is 0 Å². The zero-order valence-electron chi connectivity index (χ0n) is 13.6. The van der Waals surface area contributed by atoms with Crippen LogP contribution in [-0.4, -0.2) is 5.97 Å². The van der Waals surface area contributed by atoms with Crippen molar-refractivity contribution in [3.8, 4) is 0 Å². The zero-order chi connectivity index (χ0) is 15.2. The van der Waals surface area contributed by atoms with Gasteiger partial charge in [0.15, 0.2) is 0 Å². The minimum Gasteiger partial charge on any atom is -0.457 e. The molecule has 1 fully saturated rings. The van der Waals surface area contributed by atoms with E-state index in [9.17, 15) is 4.79 Å². The molecular weight excluding hydrogens is 260 g/mol. The average molecular weight is 288 g/mol. The summed E-state index contributed by atoms with van der Waals surface area (Å²) < 4.78 is 5.93. The number of carbonyl (C=O) groups is 1. The lowest BCUT2D eigenvalue weighted by atomic mass is 9.82. The van der Waals surface area contributed by atoms with Gasteiger partial charge >= 0.3 is 5.97 Å². The van der Waals surface area contributed by atoms with Crippen molar-refractivity contribution in [1.82, 2.24) is 0 Å². The largest absolute Gasteiger partial charge is 0.457 e. The number of carbonyl (C=O) groups excluding carboxylic acids is 1. The Kier molecular flexibility index (Phi) is 5.84. The standard InChI is InChI=1S/C19H28O2/c1-4-15(3)19(20)21-18(16-8-6-5-7-9-16)17-12-10-14(2)11-13-17/h10-13,15-16,18H,4-9H2,1-3H3. The highest BCUT2D eigenvalue weighted by Crippen LogP contribution is 2.37. The Bertz CT molecular complexity index is 443. The van der Waals surface area contributed by atoms with Crippen LogP contribution < -0.4 is 0 Å². The van der Waals surface area contributed by atoms with Crippen LogP contribution >= 0.6 is 0 Å². The highest BCUT2D eigenvalue weighted by atomic mass is 16.5. The molecule has 1 aliphatic carbocycles. The van der Waals surface area contributed by atoms with Gasteiger partial charge in [-0.3, -0.25) is 4.79 Å². The Morgan fingerprint density at radius 1 is 1.19 bits per heavy atom. The van der Waals surface area contributed by atoms with Crippen LogP contribution in [0, 0.1) is 18.8 Å². The van der Waals surface area contributed by atoms with Crippen LogP contribution in [-0.2, 0) is 9.53 Å². The van der Waals surface area contributed by atoms with Crippen LogP contribution in [0.5, 0.6) is 0 Å². The molecular formula is C19H28O2. The number of ether oxygens (including phenoxy) is 1. The van der Waals surface area contributed by atoms with Crippen molar-refractivity contribution >= 4 is 5.97 Å². The van der Waals surface area contributed by atoms with Crippen LogP contribution in [0.3, 0.4) is 0 Å². The van der Waals surface area contributed by atoms with Gasteiger partial charge in [0.25, 0.3) is 0 Å². The fourth-order valence-corrected chi connectivity index (χ4v) is 3.04. The molecule has 1 saturated carbocycles. The summed E-state index contributed by atoms with van der Waals surface area (Å²) in [5, 5.41) is 0. The van der Waals surface area contributed by atoms with E-state index in [-0.39, 0.29) is 18.0 Å². The Morgan fingerprint density at radius 2 is 1.81 bits per heavy atom. The number of hydrogen-bond donors (Lipinski definition) is 0. The van der Waals surface area contributed by atoms with Crippen molar-refractivity contribution in [1.29, 1.82) is 0 Å². The SMILES string of the molecule is CCC(C)C(=O)OC(c1ccc(C)cc1)C1CCCCC1.